The van der Waals surface area contributed by atoms with E-state index in [0.717, 1.165) is 12.8 Å². The van der Waals surface area contributed by atoms with Gasteiger partial charge in [0.05, 0.1) is 0 Å². The first-order valence-corrected chi connectivity index (χ1v) is 6.14. The van der Waals surface area contributed by atoms with Crippen LogP contribution in [0, 0.1) is 17.5 Å². The van der Waals surface area contributed by atoms with Gasteiger partial charge in [-0.2, -0.15) is 0 Å². The number of hydrogen-bond donors (Lipinski definition) is 1. The van der Waals surface area contributed by atoms with E-state index in [-0.39, 0.29) is 6.04 Å². The molecule has 1 amide bonds. The molecule has 6 heteroatoms. The number of hydrogen-bond acceptors (Lipinski definition) is 2. The normalized spacial score (nSPS) is 19.6. The number of likely N-dealkylation sites (N-methyl/N-ethyl adjacent to an activating group) is 1. The Morgan fingerprint density at radius 1 is 1.32 bits per heavy atom. The lowest BCUT2D eigenvalue weighted by Gasteiger charge is -2.32. The van der Waals surface area contributed by atoms with Crippen molar-refractivity contribution in [1.29, 1.82) is 0 Å². The maximum atomic E-state index is 13.6. The summed E-state index contributed by atoms with van der Waals surface area (Å²) in [7, 11) is 1.78. The number of carbonyl (C=O) groups is 1. The second-order valence-corrected chi connectivity index (χ2v) is 4.62. The third kappa shape index (κ3) is 2.89. The molecule has 1 aromatic rings. The van der Waals surface area contributed by atoms with Crippen LogP contribution in [-0.2, 0) is 0 Å². The molecular formula is C13H15F3N2O. The largest absolute Gasteiger partial charge is 0.337 e. The van der Waals surface area contributed by atoms with Crippen LogP contribution in [0.3, 0.4) is 0 Å². The number of likely N-dealkylation sites (tertiary alicyclic amines) is 1. The van der Waals surface area contributed by atoms with Gasteiger partial charge in [0.2, 0.25) is 0 Å². The quantitative estimate of drug-likeness (QED) is 0.892. The van der Waals surface area contributed by atoms with Gasteiger partial charge in [-0.1, -0.05) is 0 Å². The molecule has 1 aromatic carbocycles. The lowest BCUT2D eigenvalue weighted by molar-refractivity contribution is 0.0688. The first kappa shape index (κ1) is 13.9. The van der Waals surface area contributed by atoms with Crippen molar-refractivity contribution in [2.75, 3.05) is 20.1 Å². The van der Waals surface area contributed by atoms with Crippen molar-refractivity contribution < 1.29 is 18.0 Å². The van der Waals surface area contributed by atoms with Crippen LogP contribution in [0.2, 0.25) is 0 Å². The minimum absolute atomic E-state index is 0.115. The van der Waals surface area contributed by atoms with Crippen LogP contribution < -0.4 is 5.32 Å². The summed E-state index contributed by atoms with van der Waals surface area (Å²) in [5.74, 6) is -4.07. The molecule has 1 heterocycles. The number of rotatable bonds is 2. The van der Waals surface area contributed by atoms with Crippen molar-refractivity contribution in [3.05, 3.63) is 35.1 Å². The zero-order chi connectivity index (χ0) is 14.0. The van der Waals surface area contributed by atoms with E-state index in [2.05, 4.69) is 5.32 Å². The van der Waals surface area contributed by atoms with Gasteiger partial charge in [0.15, 0.2) is 0 Å². The molecule has 0 bridgehead atoms. The zero-order valence-corrected chi connectivity index (χ0v) is 10.5. The predicted molar refractivity (Wildman–Crippen MR) is 64.3 cm³/mol. The third-order valence-corrected chi connectivity index (χ3v) is 3.34. The second kappa shape index (κ2) is 5.61. The molecular weight excluding hydrogens is 257 g/mol. The monoisotopic (exact) mass is 272 g/mol. The fourth-order valence-corrected chi connectivity index (χ4v) is 2.30. The summed E-state index contributed by atoms with van der Waals surface area (Å²) in [6.45, 7) is 0.846. The van der Waals surface area contributed by atoms with Crippen LogP contribution in [0.1, 0.15) is 23.2 Å². The minimum atomic E-state index is -1.16. The molecule has 3 nitrogen and oxygen atoms in total. The highest BCUT2D eigenvalue weighted by Gasteiger charge is 2.28. The van der Waals surface area contributed by atoms with E-state index in [0.29, 0.717) is 25.2 Å². The van der Waals surface area contributed by atoms with Crippen LogP contribution in [0.4, 0.5) is 13.2 Å². The standard InChI is InChI=1S/C13H15F3N2O/c1-17-9-3-2-4-18(7-9)13(19)12-10(15)5-8(14)6-11(12)16/h5-6,9,17H,2-4,7H2,1H3/t9-/m0/s1. The van der Waals surface area contributed by atoms with E-state index in [9.17, 15) is 18.0 Å². The Morgan fingerprint density at radius 2 is 1.95 bits per heavy atom. The van der Waals surface area contributed by atoms with Crippen molar-refractivity contribution in [1.82, 2.24) is 10.2 Å². The van der Waals surface area contributed by atoms with Crippen LogP contribution in [0.5, 0.6) is 0 Å². The molecule has 0 spiro atoms. The Kier molecular flexibility index (Phi) is 4.09. The van der Waals surface area contributed by atoms with Crippen molar-refractivity contribution >= 4 is 5.91 Å². The van der Waals surface area contributed by atoms with Gasteiger partial charge in [-0.05, 0) is 19.9 Å². The number of carbonyl (C=O) groups excluding carboxylic acids is 1. The first-order valence-electron chi connectivity index (χ1n) is 6.14. The Bertz CT molecular complexity index is 470. The molecule has 19 heavy (non-hydrogen) atoms. The summed E-state index contributed by atoms with van der Waals surface area (Å²) in [5.41, 5.74) is -0.682. The van der Waals surface area contributed by atoms with Crippen molar-refractivity contribution in [3.8, 4) is 0 Å². The Balaban J connectivity index is 2.24. The summed E-state index contributed by atoms with van der Waals surface area (Å²) in [4.78, 5) is 13.5. The predicted octanol–water partition coefficient (Wildman–Crippen LogP) is 1.93. The minimum Gasteiger partial charge on any atom is -0.337 e. The number of nitrogens with one attached hydrogen (secondary N) is 1. The number of amides is 1. The second-order valence-electron chi connectivity index (χ2n) is 4.62. The highest BCUT2D eigenvalue weighted by molar-refractivity contribution is 5.94. The van der Waals surface area contributed by atoms with E-state index in [1.165, 1.54) is 4.90 Å². The van der Waals surface area contributed by atoms with Gasteiger partial charge >= 0.3 is 0 Å². The van der Waals surface area contributed by atoms with Crippen molar-refractivity contribution in [2.24, 2.45) is 0 Å². The van der Waals surface area contributed by atoms with E-state index in [1.807, 2.05) is 0 Å². The van der Waals surface area contributed by atoms with Gasteiger partial charge in [0.25, 0.3) is 5.91 Å². The number of nitrogens with zero attached hydrogens (tertiary/aromatic N) is 1. The molecule has 0 aliphatic carbocycles. The SMILES string of the molecule is CN[C@H]1CCCN(C(=O)c2c(F)cc(F)cc2F)C1. The molecule has 2 rings (SSSR count). The summed E-state index contributed by atoms with van der Waals surface area (Å²) in [6.07, 6.45) is 1.68. The fraction of sp³-hybridized carbons (Fsp3) is 0.462. The smallest absolute Gasteiger partial charge is 0.259 e. The molecule has 0 aromatic heterocycles. The zero-order valence-electron chi connectivity index (χ0n) is 10.5. The number of halogens is 3. The molecule has 1 N–H and O–H groups in total. The van der Waals surface area contributed by atoms with Gasteiger partial charge in [-0.3, -0.25) is 4.79 Å². The van der Waals surface area contributed by atoms with Crippen molar-refractivity contribution in [3.63, 3.8) is 0 Å². The van der Waals surface area contributed by atoms with E-state index in [1.54, 1.807) is 7.05 Å². The molecule has 1 atom stereocenters. The van der Waals surface area contributed by atoms with Gasteiger partial charge in [0.1, 0.15) is 23.0 Å². The van der Waals surface area contributed by atoms with E-state index in [4.69, 9.17) is 0 Å². The van der Waals surface area contributed by atoms with E-state index >= 15 is 0 Å². The molecule has 0 saturated carbocycles. The maximum absolute atomic E-state index is 13.6. The molecule has 0 radical (unpaired) electrons. The van der Waals surface area contributed by atoms with Gasteiger partial charge in [-0.15, -0.1) is 0 Å². The van der Waals surface area contributed by atoms with Gasteiger partial charge in [0, 0.05) is 31.3 Å². The van der Waals surface area contributed by atoms with Crippen LogP contribution in [0.25, 0.3) is 0 Å². The summed E-state index contributed by atoms with van der Waals surface area (Å²) >= 11 is 0. The summed E-state index contributed by atoms with van der Waals surface area (Å²) in [5, 5.41) is 3.04. The Hall–Kier alpha value is -1.56. The highest BCUT2D eigenvalue weighted by Crippen LogP contribution is 2.19. The maximum Gasteiger partial charge on any atom is 0.259 e. The van der Waals surface area contributed by atoms with Crippen molar-refractivity contribution in [2.45, 2.75) is 18.9 Å². The summed E-state index contributed by atoms with van der Waals surface area (Å²) in [6, 6.07) is 1.16. The Morgan fingerprint density at radius 3 is 2.53 bits per heavy atom. The lowest BCUT2D eigenvalue weighted by atomic mass is 10.0. The Labute approximate surface area is 109 Å². The van der Waals surface area contributed by atoms with Crippen LogP contribution >= 0.6 is 0 Å². The molecule has 104 valence electrons. The van der Waals surface area contributed by atoms with E-state index < -0.39 is 28.9 Å². The van der Waals surface area contributed by atoms with Gasteiger partial charge in [-0.25, -0.2) is 13.2 Å². The molecule has 1 fully saturated rings. The van der Waals surface area contributed by atoms with Crippen LogP contribution in [0.15, 0.2) is 12.1 Å². The lowest BCUT2D eigenvalue weighted by Crippen LogP contribution is -2.47. The number of piperidine rings is 1. The first-order chi connectivity index (χ1) is 9.02. The molecule has 1 aliphatic heterocycles. The third-order valence-electron chi connectivity index (χ3n) is 3.34. The average molecular weight is 272 g/mol. The molecule has 1 aliphatic rings. The fourth-order valence-electron chi connectivity index (χ4n) is 2.30. The molecule has 0 unspecified atom stereocenters. The summed E-state index contributed by atoms with van der Waals surface area (Å²) < 4.78 is 39.9. The topological polar surface area (TPSA) is 32.3 Å². The number of benzene rings is 1. The van der Waals surface area contributed by atoms with Crippen LogP contribution in [-0.4, -0.2) is 37.0 Å². The average Bonchev–Trinajstić information content (AvgIpc) is 2.37. The molecule has 1 saturated heterocycles. The van der Waals surface area contributed by atoms with Gasteiger partial charge < -0.3 is 10.2 Å². The highest BCUT2D eigenvalue weighted by atomic mass is 19.1.